The zero-order valence-electron chi connectivity index (χ0n) is 11.8. The van der Waals surface area contributed by atoms with E-state index in [1.165, 1.54) is 0 Å². The molecule has 1 amide bonds. The Morgan fingerprint density at radius 2 is 2.26 bits per heavy atom. The highest BCUT2D eigenvalue weighted by Gasteiger charge is 2.49. The van der Waals surface area contributed by atoms with Crippen LogP contribution < -0.4 is 11.1 Å². The van der Waals surface area contributed by atoms with Crippen molar-refractivity contribution < 1.29 is 4.79 Å². The van der Waals surface area contributed by atoms with Crippen LogP contribution >= 0.6 is 0 Å². The van der Waals surface area contributed by atoms with Crippen molar-refractivity contribution in [3.05, 3.63) is 0 Å². The average molecular weight is 262 g/mol. The minimum Gasteiger partial charge on any atom is -0.372 e. The molecule has 0 unspecified atom stereocenters. The molecule has 1 saturated heterocycles. The van der Waals surface area contributed by atoms with Crippen molar-refractivity contribution in [1.29, 1.82) is 0 Å². The van der Waals surface area contributed by atoms with Crippen LogP contribution in [0, 0.1) is 18.3 Å². The molecule has 0 aliphatic carbocycles. The lowest BCUT2D eigenvalue weighted by Crippen LogP contribution is -2.53. The Labute approximate surface area is 114 Å². The lowest BCUT2D eigenvalue weighted by molar-refractivity contribution is -0.124. The second-order valence-electron chi connectivity index (χ2n) is 6.14. The number of carbonyl (C=O) groups excluding carboxylic acids is 1. The molecule has 3 N–H and O–H groups in total. The molecule has 104 valence electrons. The number of terminal acetylenes is 1. The minimum atomic E-state index is -0.323. The summed E-state index contributed by atoms with van der Waals surface area (Å²) in [6.07, 6.45) is 6.36. The van der Waals surface area contributed by atoms with E-state index in [0.29, 0.717) is 6.42 Å². The lowest BCUT2D eigenvalue weighted by atomic mass is 9.97. The third-order valence-corrected chi connectivity index (χ3v) is 3.82. The Morgan fingerprint density at radius 1 is 1.58 bits per heavy atom. The average Bonchev–Trinajstić information content (AvgIpc) is 2.94. The third-order valence-electron chi connectivity index (χ3n) is 3.82. The van der Waals surface area contributed by atoms with Crippen molar-refractivity contribution in [2.75, 3.05) is 13.1 Å². The largest absolute Gasteiger partial charge is 0.372 e. The molecule has 0 aromatic heterocycles. The van der Waals surface area contributed by atoms with E-state index in [0.717, 1.165) is 18.9 Å². The lowest BCUT2D eigenvalue weighted by Gasteiger charge is -2.38. The van der Waals surface area contributed by atoms with Crippen LogP contribution in [-0.4, -0.2) is 47.4 Å². The van der Waals surface area contributed by atoms with Gasteiger partial charge in [0.15, 0.2) is 0 Å². The first-order chi connectivity index (χ1) is 8.86. The van der Waals surface area contributed by atoms with Gasteiger partial charge in [-0.1, -0.05) is 5.92 Å². The van der Waals surface area contributed by atoms with Crippen molar-refractivity contribution in [2.24, 2.45) is 16.6 Å². The number of rotatable bonds is 2. The summed E-state index contributed by atoms with van der Waals surface area (Å²) in [7, 11) is 0. The van der Waals surface area contributed by atoms with Crippen molar-refractivity contribution in [1.82, 2.24) is 10.2 Å². The maximum Gasteiger partial charge on any atom is 0.234 e. The van der Waals surface area contributed by atoms with E-state index in [4.69, 9.17) is 12.2 Å². The van der Waals surface area contributed by atoms with Crippen molar-refractivity contribution >= 4 is 11.7 Å². The van der Waals surface area contributed by atoms with Crippen LogP contribution in [0.5, 0.6) is 0 Å². The summed E-state index contributed by atoms with van der Waals surface area (Å²) in [4.78, 5) is 18.2. The quantitative estimate of drug-likeness (QED) is 0.686. The van der Waals surface area contributed by atoms with E-state index < -0.39 is 0 Å². The number of aliphatic imine (C=N–C) groups is 1. The molecule has 0 aromatic carbocycles. The van der Waals surface area contributed by atoms with Crippen LogP contribution in [0.1, 0.15) is 27.2 Å². The first-order valence-electron chi connectivity index (χ1n) is 6.68. The van der Waals surface area contributed by atoms with Crippen LogP contribution in [0.15, 0.2) is 4.99 Å². The second kappa shape index (κ2) is 4.86. The fourth-order valence-corrected chi connectivity index (χ4v) is 3.13. The van der Waals surface area contributed by atoms with Gasteiger partial charge in [-0.3, -0.25) is 14.7 Å². The topological polar surface area (TPSA) is 70.7 Å². The standard InChI is InChI=1S/C14H22N4O/c1-5-10-9(13-16-6-7-17-13)8-11(12(15)19)18(10)14(2,3)4/h1,9-11H,6-8H2,2-4H3,(H2,15,19)(H,16,17)/t9-,10+,11-/m0/s1. The monoisotopic (exact) mass is 262 g/mol. The van der Waals surface area contributed by atoms with Gasteiger partial charge in [0.25, 0.3) is 0 Å². The van der Waals surface area contributed by atoms with E-state index in [1.807, 2.05) is 0 Å². The van der Waals surface area contributed by atoms with Crippen LogP contribution in [0.25, 0.3) is 0 Å². The molecule has 0 bridgehead atoms. The van der Waals surface area contributed by atoms with E-state index in [9.17, 15) is 4.79 Å². The minimum absolute atomic E-state index is 0.0734. The zero-order chi connectivity index (χ0) is 14.2. The Morgan fingerprint density at radius 3 is 2.68 bits per heavy atom. The van der Waals surface area contributed by atoms with Crippen LogP contribution in [0.3, 0.4) is 0 Å². The fraction of sp³-hybridized carbons (Fsp3) is 0.714. The number of hydrogen-bond acceptors (Lipinski definition) is 4. The summed E-state index contributed by atoms with van der Waals surface area (Å²) in [5.74, 6) is 3.53. The van der Waals surface area contributed by atoms with Gasteiger partial charge in [0.2, 0.25) is 5.91 Å². The number of likely N-dealkylation sites (tertiary alicyclic amines) is 1. The predicted octanol–water partition coefficient (Wildman–Crippen LogP) is -0.0358. The normalized spacial score (nSPS) is 31.7. The van der Waals surface area contributed by atoms with E-state index >= 15 is 0 Å². The number of nitrogens with one attached hydrogen (secondary N) is 1. The molecule has 0 saturated carbocycles. The van der Waals surface area contributed by atoms with Gasteiger partial charge in [-0.25, -0.2) is 0 Å². The summed E-state index contributed by atoms with van der Waals surface area (Å²) < 4.78 is 0. The molecule has 2 heterocycles. The SMILES string of the molecule is C#C[C@@H]1[C@@H](C2=NCCN2)C[C@@H](C(N)=O)N1C(C)(C)C. The Bertz CT molecular complexity index is 443. The molecule has 2 aliphatic rings. The molecule has 1 fully saturated rings. The van der Waals surface area contributed by atoms with Gasteiger partial charge in [0.1, 0.15) is 5.84 Å². The molecule has 2 rings (SSSR count). The Balaban J connectivity index is 2.34. The van der Waals surface area contributed by atoms with Gasteiger partial charge in [-0.2, -0.15) is 0 Å². The number of carbonyl (C=O) groups is 1. The maximum atomic E-state index is 11.7. The number of amidine groups is 1. The van der Waals surface area contributed by atoms with Gasteiger partial charge in [-0.05, 0) is 27.2 Å². The number of nitrogens with two attached hydrogens (primary N) is 1. The number of hydrogen-bond donors (Lipinski definition) is 2. The van der Waals surface area contributed by atoms with Crippen molar-refractivity contribution in [2.45, 2.75) is 44.8 Å². The highest BCUT2D eigenvalue weighted by molar-refractivity contribution is 5.89. The summed E-state index contributed by atoms with van der Waals surface area (Å²) >= 11 is 0. The van der Waals surface area contributed by atoms with Gasteiger partial charge < -0.3 is 11.1 Å². The first kappa shape index (κ1) is 13.9. The first-order valence-corrected chi connectivity index (χ1v) is 6.68. The van der Waals surface area contributed by atoms with Crippen molar-refractivity contribution in [3.63, 3.8) is 0 Å². The van der Waals surface area contributed by atoms with Gasteiger partial charge in [-0.15, -0.1) is 6.42 Å². The molecular weight excluding hydrogens is 240 g/mol. The third kappa shape index (κ3) is 2.45. The van der Waals surface area contributed by atoms with Gasteiger partial charge in [0.05, 0.1) is 18.6 Å². The zero-order valence-corrected chi connectivity index (χ0v) is 11.8. The maximum absolute atomic E-state index is 11.7. The molecule has 2 aliphatic heterocycles. The molecule has 0 radical (unpaired) electrons. The number of nitrogens with zero attached hydrogens (tertiary/aromatic N) is 2. The van der Waals surface area contributed by atoms with Crippen LogP contribution in [0.2, 0.25) is 0 Å². The van der Waals surface area contributed by atoms with Gasteiger partial charge in [0, 0.05) is 18.0 Å². The smallest absolute Gasteiger partial charge is 0.234 e. The highest BCUT2D eigenvalue weighted by Crippen LogP contribution is 2.36. The van der Waals surface area contributed by atoms with E-state index in [2.05, 4.69) is 41.9 Å². The van der Waals surface area contributed by atoms with Gasteiger partial charge >= 0.3 is 0 Å². The fourth-order valence-electron chi connectivity index (χ4n) is 3.13. The van der Waals surface area contributed by atoms with Crippen molar-refractivity contribution in [3.8, 4) is 12.3 Å². The second-order valence-corrected chi connectivity index (χ2v) is 6.14. The molecule has 3 atom stereocenters. The molecule has 19 heavy (non-hydrogen) atoms. The summed E-state index contributed by atoms with van der Waals surface area (Å²) in [6, 6.07) is -0.460. The number of primary amides is 1. The van der Waals surface area contributed by atoms with Crippen LogP contribution in [0.4, 0.5) is 0 Å². The Hall–Kier alpha value is -1.54. The molecule has 0 spiro atoms. The highest BCUT2D eigenvalue weighted by atomic mass is 16.1. The van der Waals surface area contributed by atoms with E-state index in [-0.39, 0.29) is 29.4 Å². The van der Waals surface area contributed by atoms with Crippen LogP contribution in [-0.2, 0) is 4.79 Å². The molecule has 0 aromatic rings. The number of amides is 1. The molecular formula is C14H22N4O. The van der Waals surface area contributed by atoms with E-state index in [1.54, 1.807) is 0 Å². The molecule has 5 heteroatoms. The predicted molar refractivity (Wildman–Crippen MR) is 75.6 cm³/mol. The molecule has 5 nitrogen and oxygen atoms in total. The summed E-state index contributed by atoms with van der Waals surface area (Å²) in [6.45, 7) is 7.79. The summed E-state index contributed by atoms with van der Waals surface area (Å²) in [5, 5.41) is 3.27. The summed E-state index contributed by atoms with van der Waals surface area (Å²) in [5.41, 5.74) is 5.35. The Kier molecular flexibility index (Phi) is 3.55.